The van der Waals surface area contributed by atoms with Gasteiger partial charge in [-0.2, -0.15) is 0 Å². The zero-order chi connectivity index (χ0) is 15.3. The van der Waals surface area contributed by atoms with E-state index in [1.54, 1.807) is 0 Å². The number of carbonyl (C=O) groups is 1. The Bertz CT molecular complexity index is 337. The van der Waals surface area contributed by atoms with E-state index >= 15 is 0 Å². The maximum atomic E-state index is 10.8. The highest BCUT2D eigenvalue weighted by molar-refractivity contribution is 5.55. The fourth-order valence-corrected chi connectivity index (χ4v) is 1.69. The second-order valence-electron chi connectivity index (χ2n) is 7.39. The van der Waals surface area contributed by atoms with Crippen molar-refractivity contribution in [2.75, 3.05) is 0 Å². The fraction of sp³-hybridized carbons (Fsp3) is 0.706. The lowest BCUT2D eigenvalue weighted by Gasteiger charge is -2.24. The molecule has 0 fully saturated rings. The lowest BCUT2D eigenvalue weighted by Crippen LogP contribution is -2.18. The van der Waals surface area contributed by atoms with E-state index in [4.69, 9.17) is 0 Å². The number of aliphatic hydroxyl groups excluding tert-OH is 1. The van der Waals surface area contributed by atoms with Crippen molar-refractivity contribution in [3.63, 3.8) is 0 Å². The summed E-state index contributed by atoms with van der Waals surface area (Å²) in [7, 11) is 0. The summed E-state index contributed by atoms with van der Waals surface area (Å²) in [5.41, 5.74) is 1.11. The van der Waals surface area contributed by atoms with E-state index in [1.165, 1.54) is 0 Å². The number of allylic oxidation sites excluding steroid dienone is 2. The summed E-state index contributed by atoms with van der Waals surface area (Å²) in [5.74, 6) is 0.00720. The summed E-state index contributed by atoms with van der Waals surface area (Å²) >= 11 is 0. The minimum absolute atomic E-state index is 0.00720. The van der Waals surface area contributed by atoms with Gasteiger partial charge in [0, 0.05) is 12.3 Å². The molecular weight excluding hydrogens is 236 g/mol. The van der Waals surface area contributed by atoms with Crippen LogP contribution in [-0.4, -0.2) is 17.5 Å². The molecule has 0 saturated carbocycles. The second kappa shape index (κ2) is 7.04. The lowest BCUT2D eigenvalue weighted by molar-refractivity contribution is -0.107. The van der Waals surface area contributed by atoms with Gasteiger partial charge in [0.25, 0.3) is 0 Å². The third-order valence-electron chi connectivity index (χ3n) is 3.06. The Morgan fingerprint density at radius 3 is 2.05 bits per heavy atom. The van der Waals surface area contributed by atoms with Crippen LogP contribution in [0.4, 0.5) is 0 Å². The van der Waals surface area contributed by atoms with Gasteiger partial charge in [0.2, 0.25) is 0 Å². The molecule has 0 saturated heterocycles. The molecule has 19 heavy (non-hydrogen) atoms. The SMILES string of the molecule is C[C@H](C=C(CC=O)C(C)(C)C)[C@@H](O)C=CC(C)(C)C. The highest BCUT2D eigenvalue weighted by Crippen LogP contribution is 2.29. The first-order valence-corrected chi connectivity index (χ1v) is 6.99. The highest BCUT2D eigenvalue weighted by atomic mass is 16.3. The van der Waals surface area contributed by atoms with Gasteiger partial charge in [-0.15, -0.1) is 0 Å². The summed E-state index contributed by atoms with van der Waals surface area (Å²) in [4.78, 5) is 10.8. The van der Waals surface area contributed by atoms with Crippen LogP contribution in [0.15, 0.2) is 23.8 Å². The van der Waals surface area contributed by atoms with Gasteiger partial charge in [-0.1, -0.05) is 72.3 Å². The molecule has 0 heterocycles. The van der Waals surface area contributed by atoms with Gasteiger partial charge in [0.1, 0.15) is 6.29 Å². The van der Waals surface area contributed by atoms with E-state index in [0.29, 0.717) is 6.42 Å². The molecule has 0 spiro atoms. The Labute approximate surface area is 118 Å². The first kappa shape index (κ1) is 18.1. The van der Waals surface area contributed by atoms with Crippen LogP contribution in [0.25, 0.3) is 0 Å². The zero-order valence-electron chi connectivity index (χ0n) is 13.5. The Morgan fingerprint density at radius 2 is 1.68 bits per heavy atom. The van der Waals surface area contributed by atoms with Crippen molar-refractivity contribution in [1.82, 2.24) is 0 Å². The average Bonchev–Trinajstić information content (AvgIpc) is 2.22. The van der Waals surface area contributed by atoms with E-state index in [1.807, 2.05) is 25.2 Å². The molecule has 110 valence electrons. The molecule has 0 aromatic carbocycles. The monoisotopic (exact) mass is 266 g/mol. The van der Waals surface area contributed by atoms with Crippen LogP contribution in [0.1, 0.15) is 54.9 Å². The minimum Gasteiger partial charge on any atom is -0.388 e. The predicted octanol–water partition coefficient (Wildman–Crippen LogP) is 4.15. The second-order valence-corrected chi connectivity index (χ2v) is 7.39. The van der Waals surface area contributed by atoms with Crippen LogP contribution in [0, 0.1) is 16.7 Å². The van der Waals surface area contributed by atoms with Gasteiger partial charge >= 0.3 is 0 Å². The minimum atomic E-state index is -0.511. The Balaban J connectivity index is 4.93. The molecule has 0 aromatic rings. The molecule has 0 aromatic heterocycles. The molecule has 2 atom stereocenters. The summed E-state index contributed by atoms with van der Waals surface area (Å²) in [6, 6.07) is 0. The number of aldehydes is 1. The van der Waals surface area contributed by atoms with Crippen LogP contribution < -0.4 is 0 Å². The first-order chi connectivity index (χ1) is 8.47. The Morgan fingerprint density at radius 1 is 1.16 bits per heavy atom. The van der Waals surface area contributed by atoms with Crippen molar-refractivity contribution in [3.8, 4) is 0 Å². The van der Waals surface area contributed by atoms with Crippen LogP contribution in [0.3, 0.4) is 0 Å². The van der Waals surface area contributed by atoms with Crippen molar-refractivity contribution in [1.29, 1.82) is 0 Å². The smallest absolute Gasteiger partial charge is 0.124 e. The van der Waals surface area contributed by atoms with Gasteiger partial charge in [-0.3, -0.25) is 0 Å². The topological polar surface area (TPSA) is 37.3 Å². The average molecular weight is 266 g/mol. The largest absolute Gasteiger partial charge is 0.388 e. The number of rotatable bonds is 5. The summed E-state index contributed by atoms with van der Waals surface area (Å²) in [5, 5.41) is 10.1. The van der Waals surface area contributed by atoms with Gasteiger partial charge < -0.3 is 9.90 Å². The standard InChI is InChI=1S/C17H30O2/c1-13(15(19)8-10-16(2,3)4)12-14(9-11-18)17(5,6)7/h8,10-13,15,19H,9H2,1-7H3/t13-,15+/m1/s1. The van der Waals surface area contributed by atoms with Crippen molar-refractivity contribution < 1.29 is 9.90 Å². The van der Waals surface area contributed by atoms with Crippen LogP contribution in [0.2, 0.25) is 0 Å². The van der Waals surface area contributed by atoms with Crippen molar-refractivity contribution in [2.45, 2.75) is 61.0 Å². The fourth-order valence-electron chi connectivity index (χ4n) is 1.69. The van der Waals surface area contributed by atoms with Gasteiger partial charge in [-0.25, -0.2) is 0 Å². The molecule has 2 nitrogen and oxygen atoms in total. The van der Waals surface area contributed by atoms with Crippen molar-refractivity contribution >= 4 is 6.29 Å². The highest BCUT2D eigenvalue weighted by Gasteiger charge is 2.19. The first-order valence-electron chi connectivity index (χ1n) is 6.99. The third-order valence-corrected chi connectivity index (χ3v) is 3.06. The summed E-state index contributed by atoms with van der Waals surface area (Å²) in [6.45, 7) is 14.6. The molecule has 0 aliphatic rings. The van der Waals surface area contributed by atoms with Gasteiger partial charge in [0.05, 0.1) is 6.10 Å². The molecule has 0 unspecified atom stereocenters. The van der Waals surface area contributed by atoms with E-state index in [0.717, 1.165) is 11.9 Å². The van der Waals surface area contributed by atoms with Gasteiger partial charge in [0.15, 0.2) is 0 Å². The molecule has 0 aliphatic heterocycles. The molecule has 0 aliphatic carbocycles. The van der Waals surface area contributed by atoms with Gasteiger partial charge in [-0.05, 0) is 10.8 Å². The van der Waals surface area contributed by atoms with E-state index in [2.05, 4.69) is 41.5 Å². The van der Waals surface area contributed by atoms with Crippen LogP contribution >= 0.6 is 0 Å². The number of hydrogen-bond donors (Lipinski definition) is 1. The van der Waals surface area contributed by atoms with E-state index in [9.17, 15) is 9.90 Å². The number of hydrogen-bond acceptors (Lipinski definition) is 2. The molecule has 0 radical (unpaired) electrons. The maximum Gasteiger partial charge on any atom is 0.124 e. The number of carbonyl (C=O) groups excluding carboxylic acids is 1. The molecule has 0 rings (SSSR count). The van der Waals surface area contributed by atoms with Crippen LogP contribution in [-0.2, 0) is 4.79 Å². The normalized spacial score (nSPS) is 17.6. The summed E-state index contributed by atoms with van der Waals surface area (Å²) in [6.07, 6.45) is 6.76. The quantitative estimate of drug-likeness (QED) is 0.599. The third kappa shape index (κ3) is 7.99. The van der Waals surface area contributed by atoms with Crippen LogP contribution in [0.5, 0.6) is 0 Å². The zero-order valence-corrected chi connectivity index (χ0v) is 13.5. The number of aliphatic hydroxyl groups is 1. The Kier molecular flexibility index (Phi) is 6.71. The summed E-state index contributed by atoms with van der Waals surface area (Å²) < 4.78 is 0. The lowest BCUT2D eigenvalue weighted by atomic mass is 9.82. The van der Waals surface area contributed by atoms with Crippen molar-refractivity contribution in [2.24, 2.45) is 16.7 Å². The van der Waals surface area contributed by atoms with E-state index < -0.39 is 6.10 Å². The molecular formula is C17H30O2. The molecule has 1 N–H and O–H groups in total. The molecule has 2 heteroatoms. The Hall–Kier alpha value is -0.890. The van der Waals surface area contributed by atoms with E-state index in [-0.39, 0.29) is 16.7 Å². The molecule has 0 amide bonds. The molecule has 0 bridgehead atoms. The predicted molar refractivity (Wildman–Crippen MR) is 82.0 cm³/mol. The maximum absolute atomic E-state index is 10.8. The van der Waals surface area contributed by atoms with Crippen molar-refractivity contribution in [3.05, 3.63) is 23.8 Å².